The molecule has 0 aliphatic carbocycles. The predicted octanol–water partition coefficient (Wildman–Crippen LogP) is 4.35. The van der Waals surface area contributed by atoms with Gasteiger partial charge in [0.05, 0.1) is 35.7 Å². The van der Waals surface area contributed by atoms with Crippen LogP contribution in [-0.4, -0.2) is 31.3 Å². The van der Waals surface area contributed by atoms with Crippen molar-refractivity contribution in [2.75, 3.05) is 36.5 Å². The molecule has 2 heterocycles. The van der Waals surface area contributed by atoms with Crippen molar-refractivity contribution in [1.29, 1.82) is 5.26 Å². The Labute approximate surface area is 167 Å². The predicted molar refractivity (Wildman–Crippen MR) is 108 cm³/mol. The number of ether oxygens (including phenoxy) is 1. The van der Waals surface area contributed by atoms with Gasteiger partial charge in [0.15, 0.2) is 0 Å². The Balaban J connectivity index is 1.58. The van der Waals surface area contributed by atoms with E-state index in [2.05, 4.69) is 16.4 Å². The van der Waals surface area contributed by atoms with Gasteiger partial charge in [-0.1, -0.05) is 17.7 Å². The normalized spacial score (nSPS) is 14.1. The minimum absolute atomic E-state index is 0.260. The first-order valence-corrected chi connectivity index (χ1v) is 9.37. The van der Waals surface area contributed by atoms with Crippen LogP contribution in [0.25, 0.3) is 10.9 Å². The molecule has 5 nitrogen and oxygen atoms in total. The van der Waals surface area contributed by atoms with Gasteiger partial charge in [0.25, 0.3) is 0 Å². The molecule has 0 saturated carbocycles. The number of anilines is 2. The molecule has 1 fully saturated rings. The molecule has 4 rings (SSSR count). The van der Waals surface area contributed by atoms with E-state index in [1.54, 1.807) is 24.3 Å². The Bertz CT molecular complexity index is 1060. The lowest BCUT2D eigenvalue weighted by molar-refractivity contribution is 0.122. The lowest BCUT2D eigenvalue weighted by Gasteiger charge is -2.29. The van der Waals surface area contributed by atoms with E-state index >= 15 is 0 Å². The molecular formula is C21H18ClFN4O. The highest BCUT2D eigenvalue weighted by molar-refractivity contribution is 6.31. The molecular weight excluding hydrogens is 379 g/mol. The number of fused-ring (bicyclic) bond motifs is 1. The quantitative estimate of drug-likeness (QED) is 0.710. The number of hydrogen-bond acceptors (Lipinski definition) is 5. The summed E-state index contributed by atoms with van der Waals surface area (Å²) < 4.78 is 19.9. The summed E-state index contributed by atoms with van der Waals surface area (Å²) in [7, 11) is 0. The number of aromatic nitrogens is 1. The summed E-state index contributed by atoms with van der Waals surface area (Å²) in [6, 6.07) is 12.7. The topological polar surface area (TPSA) is 61.2 Å². The minimum atomic E-state index is -0.260. The molecule has 0 atom stereocenters. The van der Waals surface area contributed by atoms with Gasteiger partial charge < -0.3 is 15.0 Å². The number of rotatable bonds is 4. The van der Waals surface area contributed by atoms with Crippen molar-refractivity contribution < 1.29 is 9.13 Å². The first-order valence-electron chi connectivity index (χ1n) is 8.99. The molecule has 7 heteroatoms. The van der Waals surface area contributed by atoms with Crippen molar-refractivity contribution in [2.24, 2.45) is 0 Å². The molecule has 1 aromatic heterocycles. The Morgan fingerprint density at radius 3 is 2.79 bits per heavy atom. The maximum atomic E-state index is 14.6. The fourth-order valence-corrected chi connectivity index (χ4v) is 3.52. The van der Waals surface area contributed by atoms with Crippen LogP contribution in [0.15, 0.2) is 42.6 Å². The SMILES string of the molecule is N#Cc1cnc2ccc(Cl)cc2c1NCc1ccc(N2CCOCC2)c(F)c1. The van der Waals surface area contributed by atoms with Crippen LogP contribution in [0.1, 0.15) is 11.1 Å². The maximum Gasteiger partial charge on any atom is 0.146 e. The number of nitrogens with one attached hydrogen (secondary N) is 1. The first-order chi connectivity index (χ1) is 13.7. The smallest absolute Gasteiger partial charge is 0.146 e. The molecule has 142 valence electrons. The van der Waals surface area contributed by atoms with Crippen LogP contribution in [0.2, 0.25) is 5.02 Å². The third kappa shape index (κ3) is 3.72. The second-order valence-electron chi connectivity index (χ2n) is 6.56. The summed E-state index contributed by atoms with van der Waals surface area (Å²) in [6.07, 6.45) is 1.53. The fourth-order valence-electron chi connectivity index (χ4n) is 3.35. The van der Waals surface area contributed by atoms with Gasteiger partial charge in [0, 0.05) is 36.2 Å². The average Bonchev–Trinajstić information content (AvgIpc) is 2.72. The third-order valence-electron chi connectivity index (χ3n) is 4.78. The van der Waals surface area contributed by atoms with E-state index in [0.29, 0.717) is 54.8 Å². The zero-order valence-electron chi connectivity index (χ0n) is 15.1. The Hall–Kier alpha value is -2.88. The summed E-state index contributed by atoms with van der Waals surface area (Å²) >= 11 is 6.11. The summed E-state index contributed by atoms with van der Waals surface area (Å²) in [5.74, 6) is -0.260. The highest BCUT2D eigenvalue weighted by atomic mass is 35.5. The van der Waals surface area contributed by atoms with Crippen molar-refractivity contribution >= 4 is 33.9 Å². The Morgan fingerprint density at radius 2 is 2.04 bits per heavy atom. The standard InChI is InChI=1S/C21H18ClFN4O/c22-16-2-3-19-17(10-16)21(15(11-24)13-25-19)26-12-14-1-4-20(18(23)9-14)27-5-7-28-8-6-27/h1-4,9-10,13H,5-8,12H2,(H,25,26). The van der Waals surface area contributed by atoms with Crippen molar-refractivity contribution in [3.63, 3.8) is 0 Å². The van der Waals surface area contributed by atoms with Crippen molar-refractivity contribution in [1.82, 2.24) is 4.98 Å². The molecule has 1 aliphatic rings. The van der Waals surface area contributed by atoms with Gasteiger partial charge in [0.2, 0.25) is 0 Å². The summed E-state index contributed by atoms with van der Waals surface area (Å²) in [5.41, 5.74) is 3.17. The molecule has 3 aromatic rings. The van der Waals surface area contributed by atoms with Crippen LogP contribution in [0.5, 0.6) is 0 Å². The number of nitriles is 1. The van der Waals surface area contributed by atoms with Crippen LogP contribution < -0.4 is 10.2 Å². The number of pyridine rings is 1. The van der Waals surface area contributed by atoms with Gasteiger partial charge in [-0.05, 0) is 35.9 Å². The van der Waals surface area contributed by atoms with Crippen molar-refractivity contribution in [2.45, 2.75) is 6.54 Å². The van der Waals surface area contributed by atoms with Crippen molar-refractivity contribution in [3.05, 3.63) is 64.6 Å². The Kier molecular flexibility index (Phi) is 5.29. The molecule has 1 saturated heterocycles. The van der Waals surface area contributed by atoms with E-state index in [-0.39, 0.29) is 5.82 Å². The average molecular weight is 397 g/mol. The monoisotopic (exact) mass is 396 g/mol. The molecule has 0 unspecified atom stereocenters. The van der Waals surface area contributed by atoms with Gasteiger partial charge in [-0.2, -0.15) is 5.26 Å². The molecule has 1 aliphatic heterocycles. The molecule has 28 heavy (non-hydrogen) atoms. The number of hydrogen-bond donors (Lipinski definition) is 1. The van der Waals surface area contributed by atoms with E-state index in [1.165, 1.54) is 12.3 Å². The van der Waals surface area contributed by atoms with Crippen molar-refractivity contribution in [3.8, 4) is 6.07 Å². The van der Waals surface area contributed by atoms with Crippen LogP contribution in [0.4, 0.5) is 15.8 Å². The van der Waals surface area contributed by atoms with Crippen LogP contribution >= 0.6 is 11.6 Å². The molecule has 1 N–H and O–H groups in total. The largest absolute Gasteiger partial charge is 0.379 e. The number of morpholine rings is 1. The second-order valence-corrected chi connectivity index (χ2v) is 7.00. The summed E-state index contributed by atoms with van der Waals surface area (Å²) in [5, 5.41) is 14.0. The minimum Gasteiger partial charge on any atom is -0.379 e. The van der Waals surface area contributed by atoms with Gasteiger partial charge in [-0.3, -0.25) is 4.98 Å². The van der Waals surface area contributed by atoms with E-state index < -0.39 is 0 Å². The highest BCUT2D eigenvalue weighted by Gasteiger charge is 2.16. The van der Waals surface area contributed by atoms with E-state index in [0.717, 1.165) is 16.5 Å². The Morgan fingerprint density at radius 1 is 1.21 bits per heavy atom. The number of benzene rings is 2. The summed E-state index contributed by atoms with van der Waals surface area (Å²) in [4.78, 5) is 6.28. The number of halogens is 2. The summed E-state index contributed by atoms with van der Waals surface area (Å²) in [6.45, 7) is 2.96. The molecule has 0 radical (unpaired) electrons. The molecule has 0 amide bonds. The van der Waals surface area contributed by atoms with E-state index in [4.69, 9.17) is 16.3 Å². The van der Waals surface area contributed by atoms with Gasteiger partial charge in [0.1, 0.15) is 11.9 Å². The van der Waals surface area contributed by atoms with E-state index in [9.17, 15) is 9.65 Å². The van der Waals surface area contributed by atoms with Gasteiger partial charge in [-0.15, -0.1) is 0 Å². The van der Waals surface area contributed by atoms with Gasteiger partial charge in [-0.25, -0.2) is 4.39 Å². The third-order valence-corrected chi connectivity index (χ3v) is 5.02. The molecule has 2 aromatic carbocycles. The first kappa shape index (κ1) is 18.5. The highest BCUT2D eigenvalue weighted by Crippen LogP contribution is 2.29. The lowest BCUT2D eigenvalue weighted by atomic mass is 10.1. The van der Waals surface area contributed by atoms with Crippen LogP contribution in [-0.2, 0) is 11.3 Å². The fraction of sp³-hybridized carbons (Fsp3) is 0.238. The van der Waals surface area contributed by atoms with E-state index in [1.807, 2.05) is 11.0 Å². The van der Waals surface area contributed by atoms with Gasteiger partial charge >= 0.3 is 0 Å². The second kappa shape index (κ2) is 8.01. The molecule has 0 spiro atoms. The van der Waals surface area contributed by atoms with Crippen LogP contribution in [0.3, 0.4) is 0 Å². The molecule has 0 bridgehead atoms. The zero-order valence-corrected chi connectivity index (χ0v) is 15.8. The zero-order chi connectivity index (χ0) is 19.5. The van der Waals surface area contributed by atoms with Crippen LogP contribution in [0, 0.1) is 17.1 Å². The maximum absolute atomic E-state index is 14.6. The number of nitrogens with zero attached hydrogens (tertiary/aromatic N) is 3. The lowest BCUT2D eigenvalue weighted by Crippen LogP contribution is -2.36.